The minimum Gasteiger partial charge on any atom is -0.373 e. The molecule has 0 bridgehead atoms. The topological polar surface area (TPSA) is 83.1 Å². The van der Waals surface area contributed by atoms with Gasteiger partial charge < -0.3 is 15.0 Å². The molecule has 3 atom stereocenters. The quantitative estimate of drug-likeness (QED) is 0.507. The van der Waals surface area contributed by atoms with Crippen LogP contribution in [0.4, 0.5) is 23.4 Å². The number of aromatic amines is 1. The molecule has 4 rings (SSSR count). The van der Waals surface area contributed by atoms with Crippen LogP contribution >= 0.6 is 0 Å². The van der Waals surface area contributed by atoms with Crippen LogP contribution in [0.1, 0.15) is 49.3 Å². The average molecular weight is 494 g/mol. The molecule has 2 N–H and O–H groups in total. The molecule has 35 heavy (non-hydrogen) atoms. The van der Waals surface area contributed by atoms with Crippen molar-refractivity contribution in [1.82, 2.24) is 19.9 Å². The fourth-order valence-electron chi connectivity index (χ4n) is 4.55. The molecule has 7 nitrogen and oxygen atoms in total. The molecule has 1 saturated heterocycles. The Morgan fingerprint density at radius 3 is 2.54 bits per heavy atom. The summed E-state index contributed by atoms with van der Waals surface area (Å²) in [6.07, 6.45) is -3.06. The smallest absolute Gasteiger partial charge is 0.373 e. The first-order valence-electron chi connectivity index (χ1n) is 11.3. The van der Waals surface area contributed by atoms with E-state index >= 15 is 0 Å². The van der Waals surface area contributed by atoms with Crippen LogP contribution in [0, 0.1) is 12.7 Å². The summed E-state index contributed by atoms with van der Waals surface area (Å²) in [5, 5.41) is 2.75. The normalized spacial score (nSPS) is 20.2. The fourth-order valence-corrected chi connectivity index (χ4v) is 4.55. The maximum absolute atomic E-state index is 14.9. The zero-order chi connectivity index (χ0) is 25.5. The van der Waals surface area contributed by atoms with E-state index in [1.807, 2.05) is 13.8 Å². The number of fused-ring (bicyclic) bond motifs is 1. The summed E-state index contributed by atoms with van der Waals surface area (Å²) in [7, 11) is 0. The van der Waals surface area contributed by atoms with Gasteiger partial charge in [-0.25, -0.2) is 14.4 Å². The third-order valence-corrected chi connectivity index (χ3v) is 5.92. The predicted octanol–water partition coefficient (Wildman–Crippen LogP) is 4.57. The lowest BCUT2D eigenvalue weighted by molar-refractivity contribution is -0.138. The number of halogens is 4. The molecule has 1 fully saturated rings. The molecule has 0 amide bonds. The van der Waals surface area contributed by atoms with E-state index in [1.54, 1.807) is 0 Å². The number of morpholine rings is 1. The monoisotopic (exact) mass is 493 g/mol. The van der Waals surface area contributed by atoms with Crippen molar-refractivity contribution in [3.8, 4) is 0 Å². The Labute approximate surface area is 199 Å². The molecule has 1 aromatic carbocycles. The number of nitrogens with zero attached hydrogens (tertiary/aromatic N) is 3. The van der Waals surface area contributed by atoms with Crippen molar-refractivity contribution < 1.29 is 22.3 Å². The molecular weight excluding hydrogens is 466 g/mol. The van der Waals surface area contributed by atoms with Gasteiger partial charge >= 0.3 is 6.18 Å². The van der Waals surface area contributed by atoms with Gasteiger partial charge in [0.05, 0.1) is 34.7 Å². The van der Waals surface area contributed by atoms with Crippen LogP contribution in [-0.2, 0) is 17.5 Å². The second-order valence-corrected chi connectivity index (χ2v) is 9.10. The zero-order valence-corrected chi connectivity index (χ0v) is 19.8. The number of hydrogen-bond acceptors (Lipinski definition) is 6. The number of anilines is 1. The number of benzene rings is 1. The summed E-state index contributed by atoms with van der Waals surface area (Å²) in [6.45, 7) is 8.79. The zero-order valence-electron chi connectivity index (χ0n) is 19.8. The second-order valence-electron chi connectivity index (χ2n) is 9.10. The highest BCUT2D eigenvalue weighted by atomic mass is 19.4. The molecule has 3 heterocycles. The van der Waals surface area contributed by atoms with Gasteiger partial charge in [0, 0.05) is 25.8 Å². The standard InChI is InChI=1S/C24H27F4N5O2/c1-12-9-33(10-13(2)35-12)11-16-5-20(25)22(29-8-16)30-14(3)17-6-18-21(7-19(17)24(26,27)28)31-15(4)32-23(18)34/h5-8,12-14H,9-11H2,1-4H3,(H,29,30)(H,31,32,34). The van der Waals surface area contributed by atoms with E-state index < -0.39 is 29.2 Å². The van der Waals surface area contributed by atoms with Gasteiger partial charge in [0.1, 0.15) is 5.82 Å². The Balaban J connectivity index is 1.60. The Bertz CT molecular complexity index is 1280. The first kappa shape index (κ1) is 25.1. The van der Waals surface area contributed by atoms with Gasteiger partial charge in [0.15, 0.2) is 11.6 Å². The average Bonchev–Trinajstić information content (AvgIpc) is 2.73. The number of nitrogens with one attached hydrogen (secondary N) is 2. The van der Waals surface area contributed by atoms with Crippen LogP contribution in [0.5, 0.6) is 0 Å². The van der Waals surface area contributed by atoms with Crippen LogP contribution in [0.15, 0.2) is 29.2 Å². The highest BCUT2D eigenvalue weighted by molar-refractivity contribution is 5.80. The summed E-state index contributed by atoms with van der Waals surface area (Å²) in [4.78, 5) is 25.1. The van der Waals surface area contributed by atoms with Crippen molar-refractivity contribution >= 4 is 16.7 Å². The number of aromatic nitrogens is 3. The van der Waals surface area contributed by atoms with Gasteiger partial charge in [-0.15, -0.1) is 0 Å². The van der Waals surface area contributed by atoms with Crippen molar-refractivity contribution in [2.24, 2.45) is 0 Å². The molecule has 3 unspecified atom stereocenters. The summed E-state index contributed by atoms with van der Waals surface area (Å²) in [5.74, 6) is -0.635. The number of aryl methyl sites for hydroxylation is 1. The SMILES string of the molecule is Cc1nc2cc(C(F)(F)F)c(C(C)Nc3ncc(CN4CC(C)OC(C)C4)cc3F)cc2c(=O)[nH]1. The van der Waals surface area contributed by atoms with Crippen molar-refractivity contribution in [3.05, 3.63) is 63.1 Å². The molecule has 0 aliphatic carbocycles. The maximum atomic E-state index is 14.9. The Morgan fingerprint density at radius 2 is 1.91 bits per heavy atom. The van der Waals surface area contributed by atoms with Gasteiger partial charge in [0.2, 0.25) is 0 Å². The van der Waals surface area contributed by atoms with E-state index in [-0.39, 0.29) is 40.3 Å². The molecule has 2 aromatic heterocycles. The van der Waals surface area contributed by atoms with Crippen molar-refractivity contribution in [2.45, 2.75) is 58.7 Å². The van der Waals surface area contributed by atoms with Gasteiger partial charge in [-0.2, -0.15) is 13.2 Å². The lowest BCUT2D eigenvalue weighted by Gasteiger charge is -2.35. The van der Waals surface area contributed by atoms with Gasteiger partial charge in [0.25, 0.3) is 5.56 Å². The Morgan fingerprint density at radius 1 is 1.23 bits per heavy atom. The lowest BCUT2D eigenvalue weighted by Crippen LogP contribution is -2.44. The van der Waals surface area contributed by atoms with E-state index in [0.29, 0.717) is 25.2 Å². The van der Waals surface area contributed by atoms with E-state index in [0.717, 1.165) is 12.1 Å². The highest BCUT2D eigenvalue weighted by Gasteiger charge is 2.35. The van der Waals surface area contributed by atoms with Gasteiger partial charge in [-0.1, -0.05) is 0 Å². The molecule has 0 saturated carbocycles. The number of rotatable bonds is 5. The van der Waals surface area contributed by atoms with Crippen LogP contribution in [-0.4, -0.2) is 45.1 Å². The molecule has 11 heteroatoms. The first-order chi connectivity index (χ1) is 16.4. The number of alkyl halides is 3. The number of pyridine rings is 1. The lowest BCUT2D eigenvalue weighted by atomic mass is 9.98. The summed E-state index contributed by atoms with van der Waals surface area (Å²) in [6, 6.07) is 2.33. The second kappa shape index (κ2) is 9.54. The summed E-state index contributed by atoms with van der Waals surface area (Å²) < 4.78 is 62.1. The molecule has 188 valence electrons. The van der Waals surface area contributed by atoms with E-state index in [1.165, 1.54) is 26.1 Å². The summed E-state index contributed by atoms with van der Waals surface area (Å²) >= 11 is 0. The van der Waals surface area contributed by atoms with Crippen LogP contribution in [0.3, 0.4) is 0 Å². The van der Waals surface area contributed by atoms with Crippen molar-refractivity contribution in [2.75, 3.05) is 18.4 Å². The largest absolute Gasteiger partial charge is 0.416 e. The van der Waals surface area contributed by atoms with E-state index in [2.05, 4.69) is 25.2 Å². The Hall–Kier alpha value is -3.05. The molecule has 0 radical (unpaired) electrons. The Kier molecular flexibility index (Phi) is 6.83. The van der Waals surface area contributed by atoms with E-state index in [4.69, 9.17) is 4.74 Å². The molecular formula is C24H27F4N5O2. The van der Waals surface area contributed by atoms with Crippen LogP contribution < -0.4 is 10.9 Å². The van der Waals surface area contributed by atoms with Gasteiger partial charge in [-0.3, -0.25) is 9.69 Å². The highest BCUT2D eigenvalue weighted by Crippen LogP contribution is 2.37. The minimum absolute atomic E-state index is 0.0185. The minimum atomic E-state index is -4.69. The van der Waals surface area contributed by atoms with Crippen molar-refractivity contribution in [1.29, 1.82) is 0 Å². The summed E-state index contributed by atoms with van der Waals surface area (Å²) in [5.41, 5.74) is -1.11. The first-order valence-corrected chi connectivity index (χ1v) is 11.3. The number of hydrogen-bond donors (Lipinski definition) is 2. The van der Waals surface area contributed by atoms with Crippen molar-refractivity contribution in [3.63, 3.8) is 0 Å². The number of ether oxygens (including phenoxy) is 1. The third kappa shape index (κ3) is 5.62. The maximum Gasteiger partial charge on any atom is 0.416 e. The number of H-pyrrole nitrogens is 1. The molecule has 0 spiro atoms. The molecule has 1 aliphatic rings. The third-order valence-electron chi connectivity index (χ3n) is 5.92. The van der Waals surface area contributed by atoms with E-state index in [9.17, 15) is 22.4 Å². The fraction of sp³-hybridized carbons (Fsp3) is 0.458. The predicted molar refractivity (Wildman–Crippen MR) is 124 cm³/mol. The molecule has 1 aliphatic heterocycles. The van der Waals surface area contributed by atoms with Crippen LogP contribution in [0.25, 0.3) is 10.9 Å². The molecule has 3 aromatic rings. The van der Waals surface area contributed by atoms with Crippen LogP contribution in [0.2, 0.25) is 0 Å². The van der Waals surface area contributed by atoms with Gasteiger partial charge in [-0.05, 0) is 57.0 Å².